The normalized spacial score (nSPS) is 15.5. The number of hydrogen-bond acceptors (Lipinski definition) is 34. The molecule has 20 rings (SSSR count). The Morgan fingerprint density at radius 3 is 1.61 bits per heavy atom. The lowest BCUT2D eigenvalue weighted by Gasteiger charge is -2.36. The molecule has 4 aliphatic rings. The fourth-order valence-corrected chi connectivity index (χ4v) is 15.1. The highest BCUT2D eigenvalue weighted by Crippen LogP contribution is 2.32. The van der Waals surface area contributed by atoms with Crippen molar-refractivity contribution < 1.29 is 14.6 Å². The molecular formula is C79H88Cl2N36O5S. The summed E-state index contributed by atoms with van der Waals surface area (Å²) in [6.07, 6.45) is 11.8. The number of nitrogens with one attached hydrogen (secondary N) is 5. The number of nitrogens with two attached hydrogens (primary N) is 7. The molecule has 0 bridgehead atoms. The molecule has 0 spiro atoms. The van der Waals surface area contributed by atoms with Crippen LogP contribution in [-0.4, -0.2) is 193 Å². The molecule has 4 saturated heterocycles. The van der Waals surface area contributed by atoms with E-state index in [0.717, 1.165) is 150 Å². The number of carbonyl (C=O) groups excluding carboxylic acids is 1. The van der Waals surface area contributed by atoms with E-state index in [9.17, 15) is 25.0 Å². The van der Waals surface area contributed by atoms with Gasteiger partial charge in [0.15, 0.2) is 28.4 Å². The predicted molar refractivity (Wildman–Crippen MR) is 478 cm³/mol. The first-order valence-electron chi connectivity index (χ1n) is 39.2. The fourth-order valence-electron chi connectivity index (χ4n) is 14.2. The molecule has 19 N–H and O–H groups in total. The number of nitrogens with zero attached hydrogens (tertiary/aromatic N) is 24. The van der Waals surface area contributed by atoms with E-state index in [1.54, 1.807) is 79.9 Å². The Hall–Kier alpha value is -14.6. The number of carbonyl (C=O) groups is 1. The van der Waals surface area contributed by atoms with Crippen molar-refractivity contribution in [2.45, 2.75) is 57.4 Å². The number of piperazine rings is 1. The van der Waals surface area contributed by atoms with E-state index < -0.39 is 9.85 Å². The minimum absolute atomic E-state index is 0.0964. The van der Waals surface area contributed by atoms with E-state index in [4.69, 9.17) is 63.3 Å². The van der Waals surface area contributed by atoms with Gasteiger partial charge in [0.05, 0.1) is 56.8 Å². The third-order valence-corrected chi connectivity index (χ3v) is 22.1. The van der Waals surface area contributed by atoms with Crippen LogP contribution in [0.15, 0.2) is 188 Å². The first kappa shape index (κ1) is 83.5. The van der Waals surface area contributed by atoms with Gasteiger partial charge in [-0.2, -0.15) is 57.7 Å². The molecule has 0 radical (unpaired) electrons. The largest absolute Gasteiger partial charge is 0.383 e. The SMILES string of the molecule is CCN(Cc1ccccc1)c1cc(N)n2nccc2n1.Nc1cc(N2CCN(c3ccc(Cl)c(Cl)c3)CC2)nc2ccnn12.Nc1cc(N2CC[C@H](N)C2)nc2c([N+](=O)[O-])cnn12.Nc1cc(NCc2cccs2)nc2ccnn12.Nc1cc(N[C@H]2CCNC2)nc2c(C(=O)c3ccccc3)cnn12.Nc1cc(N[C@H]2CCNC2)nc2c([N+](=O)[O-])cnn12. The molecule has 13 aromatic heterocycles. The monoisotopic (exact) mass is 1720 g/mol. The van der Waals surface area contributed by atoms with Gasteiger partial charge in [-0.25, -0.2) is 29.9 Å². The van der Waals surface area contributed by atoms with Crippen LogP contribution in [0.3, 0.4) is 0 Å². The van der Waals surface area contributed by atoms with Gasteiger partial charge in [-0.05, 0) is 74.5 Å². The number of anilines is 13. The Kier molecular flexibility index (Phi) is 25.6. The van der Waals surface area contributed by atoms with Crippen LogP contribution < -0.4 is 86.3 Å². The number of rotatable bonds is 18. The number of fused-ring (bicyclic) bond motifs is 6. The Balaban J connectivity index is 0.000000115. The Morgan fingerprint density at radius 1 is 0.528 bits per heavy atom. The van der Waals surface area contributed by atoms with Crippen molar-refractivity contribution in [3.8, 4) is 0 Å². The molecule has 3 aromatic carbocycles. The molecule has 16 aromatic rings. The van der Waals surface area contributed by atoms with Gasteiger partial charge in [0, 0.05) is 154 Å². The lowest BCUT2D eigenvalue weighted by molar-refractivity contribution is -0.383. The number of benzene rings is 3. The van der Waals surface area contributed by atoms with Crippen LogP contribution in [0.1, 0.15) is 52.5 Å². The summed E-state index contributed by atoms with van der Waals surface area (Å²) in [4.78, 5) is 70.2. The van der Waals surface area contributed by atoms with Crippen molar-refractivity contribution >= 4 is 161 Å². The predicted octanol–water partition coefficient (Wildman–Crippen LogP) is 8.33. The highest BCUT2D eigenvalue weighted by atomic mass is 35.5. The van der Waals surface area contributed by atoms with Gasteiger partial charge in [0.25, 0.3) is 0 Å². The number of hydrogen-bond donors (Lipinski definition) is 12. The number of ketones is 1. The second-order valence-corrected chi connectivity index (χ2v) is 30.7. The number of thiophene rings is 1. The van der Waals surface area contributed by atoms with E-state index in [-0.39, 0.29) is 40.5 Å². The molecule has 3 atom stereocenters. The molecule has 17 heterocycles. The highest BCUT2D eigenvalue weighted by Gasteiger charge is 2.28. The summed E-state index contributed by atoms with van der Waals surface area (Å²) in [5, 5.41) is 65.6. The third kappa shape index (κ3) is 19.7. The molecule has 4 fully saturated rings. The first-order chi connectivity index (χ1) is 59.6. The maximum atomic E-state index is 12.7. The van der Waals surface area contributed by atoms with Crippen molar-refractivity contribution in [1.82, 2.24) is 98.2 Å². The number of aromatic nitrogens is 18. The van der Waals surface area contributed by atoms with Crippen LogP contribution in [-0.2, 0) is 13.1 Å². The maximum absolute atomic E-state index is 12.7. The van der Waals surface area contributed by atoms with Gasteiger partial charge in [-0.3, -0.25) is 25.0 Å². The van der Waals surface area contributed by atoms with Gasteiger partial charge in [0.2, 0.25) is 11.3 Å². The summed E-state index contributed by atoms with van der Waals surface area (Å²) < 4.78 is 8.90. The maximum Gasteiger partial charge on any atom is 0.333 e. The zero-order valence-electron chi connectivity index (χ0n) is 66.4. The second-order valence-electron chi connectivity index (χ2n) is 28.8. The van der Waals surface area contributed by atoms with Gasteiger partial charge in [-0.1, -0.05) is 89.9 Å². The minimum atomic E-state index is -0.520. The smallest absolute Gasteiger partial charge is 0.333 e. The van der Waals surface area contributed by atoms with Crippen LogP contribution >= 0.6 is 34.5 Å². The van der Waals surface area contributed by atoms with Crippen molar-refractivity contribution in [2.24, 2.45) is 5.73 Å². The lowest BCUT2D eigenvalue weighted by Crippen LogP contribution is -2.46. The van der Waals surface area contributed by atoms with E-state index >= 15 is 0 Å². The molecule has 634 valence electrons. The molecule has 0 saturated carbocycles. The highest BCUT2D eigenvalue weighted by molar-refractivity contribution is 7.09. The quantitative estimate of drug-likeness (QED) is 0.0218. The van der Waals surface area contributed by atoms with E-state index in [1.807, 2.05) is 95.9 Å². The molecule has 44 heteroatoms. The van der Waals surface area contributed by atoms with Crippen molar-refractivity contribution in [3.63, 3.8) is 0 Å². The van der Waals surface area contributed by atoms with Gasteiger partial charge in [0.1, 0.15) is 82.2 Å². The number of nitro groups is 2. The second kappa shape index (κ2) is 37.8. The van der Waals surface area contributed by atoms with Crippen molar-refractivity contribution in [1.29, 1.82) is 0 Å². The first-order valence-corrected chi connectivity index (χ1v) is 40.9. The Morgan fingerprint density at radius 2 is 1.05 bits per heavy atom. The molecule has 41 nitrogen and oxygen atoms in total. The van der Waals surface area contributed by atoms with Crippen LogP contribution in [0.4, 0.5) is 86.9 Å². The average Bonchev–Trinajstić information content (AvgIpc) is 1.63. The zero-order chi connectivity index (χ0) is 85.8. The van der Waals surface area contributed by atoms with Crippen molar-refractivity contribution in [3.05, 3.63) is 240 Å². The van der Waals surface area contributed by atoms with E-state index in [1.165, 1.54) is 30.2 Å². The Labute approximate surface area is 715 Å². The summed E-state index contributed by atoms with van der Waals surface area (Å²) in [7, 11) is 0. The zero-order valence-corrected chi connectivity index (χ0v) is 68.8. The van der Waals surface area contributed by atoms with Gasteiger partial charge in [-0.15, -0.1) is 11.3 Å². The molecule has 0 unspecified atom stereocenters. The summed E-state index contributed by atoms with van der Waals surface area (Å²) in [5.41, 5.74) is 47.7. The summed E-state index contributed by atoms with van der Waals surface area (Å²) >= 11 is 13.8. The van der Waals surface area contributed by atoms with Crippen LogP contribution in [0.25, 0.3) is 33.9 Å². The fraction of sp³-hybridized carbons (Fsp3) is 0.253. The summed E-state index contributed by atoms with van der Waals surface area (Å²) in [6, 6.07) is 46.1. The third-order valence-electron chi connectivity index (χ3n) is 20.4. The van der Waals surface area contributed by atoms with Gasteiger partial charge >= 0.3 is 11.4 Å². The Bertz CT molecular complexity index is 6360. The van der Waals surface area contributed by atoms with Crippen LogP contribution in [0, 0.1) is 20.2 Å². The molecular weight excluding hydrogens is 1640 g/mol. The van der Waals surface area contributed by atoms with Crippen LogP contribution in [0.2, 0.25) is 10.0 Å². The number of nitrogen functional groups attached to an aromatic ring is 6. The van der Waals surface area contributed by atoms with Gasteiger partial charge < -0.3 is 86.3 Å². The molecule has 0 amide bonds. The molecule has 0 aliphatic carbocycles. The number of halogens is 2. The standard InChI is InChI=1S/C17H18N6O.C16H16Cl2N6.C15H17N5.C11H11N5S.2C10H13N7O2/c18-14-8-15(21-12-6-7-19-9-12)22-17-13(10-20-23(14)17)16(24)11-4-2-1-3-5-11;17-12-2-1-11(9-13(12)18)22-5-7-23(8-6-22)16-10-14(19)24-15(21-16)3-4-20-24;1-2-19(11-12-6-4-3-5-7-12)15-10-13(16)20-14(18-15)8-9-17-20;12-9-6-10(13-7-8-2-1-5-17-8)15-11-3-4-14-16(9)11;11-6-1-2-15(5-6)9-3-8(12)16-10(14-9)7(4-13-16)17(18)19;11-8-3-9(14-6-1-2-12-4-6)15-10-7(17(18)19)5-13-16(8)10/h1-5,8,10,12,19H,6-7,9,18H2,(H,21,22);1-4,9-10H,5-8,19H2;3-10H,2,11,16H2,1H3;1-6H,7,12H2,(H,13,15);3-4,6H,1-2,5,11-12H2;3,5-6,12H,1-2,4,11H2,(H,14,15)/t12-;;;;2*6-/m0...00/s1. The summed E-state index contributed by atoms with van der Waals surface area (Å²) in [5.74, 6) is 7.04. The summed E-state index contributed by atoms with van der Waals surface area (Å²) in [6.45, 7) is 13.1. The van der Waals surface area contributed by atoms with E-state index in [0.29, 0.717) is 91.8 Å². The van der Waals surface area contributed by atoms with Crippen molar-refractivity contribution in [2.75, 3.05) is 142 Å². The van der Waals surface area contributed by atoms with E-state index in [2.05, 4.69) is 132 Å². The molecule has 123 heavy (non-hydrogen) atoms. The molecule has 4 aliphatic heterocycles. The average molecular weight is 1720 g/mol. The lowest BCUT2D eigenvalue weighted by atomic mass is 10.1. The minimum Gasteiger partial charge on any atom is -0.383 e. The topological polar surface area (TPSA) is 540 Å². The van der Waals surface area contributed by atoms with Crippen LogP contribution in [0.5, 0.6) is 0 Å².